The van der Waals surface area contributed by atoms with E-state index in [0.717, 1.165) is 41.3 Å². The highest BCUT2D eigenvalue weighted by atomic mass is 79.9. The second-order valence-corrected chi connectivity index (χ2v) is 11.3. The van der Waals surface area contributed by atoms with E-state index in [1.54, 1.807) is 43.6 Å². The predicted octanol–water partition coefficient (Wildman–Crippen LogP) is 4.32. The van der Waals surface area contributed by atoms with Crippen LogP contribution in [0.3, 0.4) is 0 Å². The Bertz CT molecular complexity index is 1590. The van der Waals surface area contributed by atoms with E-state index >= 15 is 0 Å². The molecule has 4 heterocycles. The van der Waals surface area contributed by atoms with Gasteiger partial charge in [-0.15, -0.1) is 5.10 Å². The van der Waals surface area contributed by atoms with Crippen LogP contribution in [-0.2, 0) is 24.1 Å². The molecule has 12 nitrogen and oxygen atoms in total. The zero-order valence-electron chi connectivity index (χ0n) is 24.0. The van der Waals surface area contributed by atoms with Crippen LogP contribution in [0.1, 0.15) is 42.6 Å². The number of aromatic nitrogens is 7. The van der Waals surface area contributed by atoms with E-state index in [9.17, 15) is 18.0 Å². The smallest absolute Gasteiger partial charge is 0.423 e. The first kappa shape index (κ1) is 31.4. The molecule has 234 valence electrons. The van der Waals surface area contributed by atoms with Gasteiger partial charge in [0, 0.05) is 31.5 Å². The van der Waals surface area contributed by atoms with Gasteiger partial charge in [-0.25, -0.2) is 19.3 Å². The van der Waals surface area contributed by atoms with Gasteiger partial charge in [0.1, 0.15) is 17.0 Å². The fourth-order valence-electron chi connectivity index (χ4n) is 4.89. The third-order valence-electron chi connectivity index (χ3n) is 7.12. The largest absolute Gasteiger partial charge is 0.497 e. The maximum Gasteiger partial charge on any atom is 0.423 e. The summed E-state index contributed by atoms with van der Waals surface area (Å²) in [6.45, 7) is 3.28. The predicted molar refractivity (Wildman–Crippen MR) is 159 cm³/mol. The number of ether oxygens (including phenoxy) is 2. The van der Waals surface area contributed by atoms with Crippen LogP contribution in [0.4, 0.5) is 24.8 Å². The Hall–Kier alpha value is -4.05. The number of rotatable bonds is 11. The zero-order chi connectivity index (χ0) is 31.3. The number of anilines is 2. The fraction of sp³-hybridized carbons (Fsp3) is 0.429. The number of nitrogens with zero attached hydrogens (tertiary/aromatic N) is 8. The molecule has 5 rings (SSSR count). The monoisotopic (exact) mass is 677 g/mol. The molecule has 1 aliphatic heterocycles. The SMILES string of the molecule is COc1ccc(Cn2ncc(NC(C)COCc3cn(C4CCN(c5ncc(Br)cn5)CC4)nn3)c(C(F)(F)F)c2=O)cc1. The summed E-state index contributed by atoms with van der Waals surface area (Å²) in [5.41, 5.74) is -1.74. The lowest BCUT2D eigenvalue weighted by atomic mass is 10.1. The van der Waals surface area contributed by atoms with Crippen molar-refractivity contribution in [2.45, 2.75) is 51.2 Å². The van der Waals surface area contributed by atoms with Crippen molar-refractivity contribution in [1.29, 1.82) is 0 Å². The Morgan fingerprint density at radius 3 is 2.48 bits per heavy atom. The number of benzene rings is 1. The molecule has 44 heavy (non-hydrogen) atoms. The average molecular weight is 679 g/mol. The highest BCUT2D eigenvalue weighted by Crippen LogP contribution is 2.32. The summed E-state index contributed by atoms with van der Waals surface area (Å²) >= 11 is 3.35. The van der Waals surface area contributed by atoms with Crippen molar-refractivity contribution in [3.05, 3.63) is 80.7 Å². The minimum Gasteiger partial charge on any atom is -0.497 e. The lowest BCUT2D eigenvalue weighted by Crippen LogP contribution is -2.35. The van der Waals surface area contributed by atoms with E-state index in [2.05, 4.69) is 51.5 Å². The summed E-state index contributed by atoms with van der Waals surface area (Å²) in [7, 11) is 1.51. The maximum absolute atomic E-state index is 14.0. The molecule has 0 bridgehead atoms. The van der Waals surface area contributed by atoms with Crippen molar-refractivity contribution in [1.82, 2.24) is 34.7 Å². The first-order valence-electron chi connectivity index (χ1n) is 13.9. The van der Waals surface area contributed by atoms with Crippen molar-refractivity contribution in [3.63, 3.8) is 0 Å². The fourth-order valence-corrected chi connectivity index (χ4v) is 5.10. The summed E-state index contributed by atoms with van der Waals surface area (Å²) < 4.78 is 56.2. The Labute approximate surface area is 259 Å². The van der Waals surface area contributed by atoms with Gasteiger partial charge in [-0.1, -0.05) is 17.3 Å². The molecule has 0 aliphatic carbocycles. The minimum atomic E-state index is -4.88. The molecule has 1 N–H and O–H groups in total. The second-order valence-electron chi connectivity index (χ2n) is 10.4. The van der Waals surface area contributed by atoms with Crippen molar-refractivity contribution in [3.8, 4) is 5.75 Å². The Morgan fingerprint density at radius 2 is 1.82 bits per heavy atom. The average Bonchev–Trinajstić information content (AvgIpc) is 3.48. The van der Waals surface area contributed by atoms with Crippen LogP contribution in [0, 0.1) is 0 Å². The Balaban J connectivity index is 1.14. The van der Waals surface area contributed by atoms with Gasteiger partial charge in [-0.2, -0.15) is 18.3 Å². The van der Waals surface area contributed by atoms with Gasteiger partial charge < -0.3 is 19.7 Å². The number of methoxy groups -OCH3 is 1. The first-order valence-corrected chi connectivity index (χ1v) is 14.7. The maximum atomic E-state index is 14.0. The van der Waals surface area contributed by atoms with Gasteiger partial charge in [0.15, 0.2) is 0 Å². The summed E-state index contributed by atoms with van der Waals surface area (Å²) in [6.07, 6.45) is 3.09. The summed E-state index contributed by atoms with van der Waals surface area (Å²) in [5.74, 6) is 1.28. The van der Waals surface area contributed by atoms with Crippen molar-refractivity contribution in [2.24, 2.45) is 0 Å². The molecule has 0 amide bonds. The standard InChI is InChI=1S/C28H31BrF3N9O3/c1-18(36-24-13-35-41(26(42)25(24)28(30,31)32)14-19-3-5-23(43-2)6-4-19)16-44-17-21-15-40(38-37-21)22-7-9-39(10-8-22)27-33-11-20(29)12-34-27/h3-6,11-13,15,18,22,36H,7-10,14,16-17H2,1-2H3. The molecule has 0 saturated carbocycles. The zero-order valence-corrected chi connectivity index (χ0v) is 25.6. The topological polar surface area (TPSA) is 125 Å². The lowest BCUT2D eigenvalue weighted by Gasteiger charge is -2.31. The molecule has 16 heteroatoms. The molecule has 1 saturated heterocycles. The number of piperidine rings is 1. The van der Waals surface area contributed by atoms with Crippen LogP contribution in [0.15, 0.2) is 58.3 Å². The quantitative estimate of drug-likeness (QED) is 0.245. The molecule has 1 aromatic carbocycles. The van der Waals surface area contributed by atoms with Crippen molar-refractivity contribution < 1.29 is 22.6 Å². The Morgan fingerprint density at radius 1 is 1.11 bits per heavy atom. The van der Waals surface area contributed by atoms with E-state index < -0.39 is 29.0 Å². The molecule has 1 unspecified atom stereocenters. The van der Waals surface area contributed by atoms with Crippen LogP contribution in [0.25, 0.3) is 0 Å². The summed E-state index contributed by atoms with van der Waals surface area (Å²) in [4.78, 5) is 23.7. The highest BCUT2D eigenvalue weighted by molar-refractivity contribution is 9.10. The first-order chi connectivity index (χ1) is 21.1. The lowest BCUT2D eigenvalue weighted by molar-refractivity contribution is -0.138. The van der Waals surface area contributed by atoms with Crippen LogP contribution in [0.5, 0.6) is 5.75 Å². The van der Waals surface area contributed by atoms with E-state index in [-0.39, 0.29) is 25.8 Å². The highest BCUT2D eigenvalue weighted by Gasteiger charge is 2.38. The molecular weight excluding hydrogens is 647 g/mol. The van der Waals surface area contributed by atoms with E-state index in [1.165, 1.54) is 7.11 Å². The van der Waals surface area contributed by atoms with Gasteiger partial charge in [-0.3, -0.25) is 4.79 Å². The molecule has 0 radical (unpaired) electrons. The number of nitrogens with one attached hydrogen (secondary N) is 1. The molecular formula is C28H31BrF3N9O3. The second kappa shape index (κ2) is 13.7. The van der Waals surface area contributed by atoms with Crippen LogP contribution >= 0.6 is 15.9 Å². The number of hydrogen-bond donors (Lipinski definition) is 1. The van der Waals surface area contributed by atoms with Crippen molar-refractivity contribution >= 4 is 27.6 Å². The number of halogens is 4. The van der Waals surface area contributed by atoms with Crippen LogP contribution in [-0.4, -0.2) is 67.6 Å². The molecule has 3 aromatic heterocycles. The number of hydrogen-bond acceptors (Lipinski definition) is 10. The summed E-state index contributed by atoms with van der Waals surface area (Å²) in [5, 5.41) is 15.1. The molecule has 1 fully saturated rings. The van der Waals surface area contributed by atoms with Crippen LogP contribution < -0.4 is 20.5 Å². The van der Waals surface area contributed by atoms with E-state index in [4.69, 9.17) is 9.47 Å². The molecule has 4 aromatic rings. The van der Waals surface area contributed by atoms with Crippen LogP contribution in [0.2, 0.25) is 0 Å². The minimum absolute atomic E-state index is 0.0602. The third kappa shape index (κ3) is 7.72. The van der Waals surface area contributed by atoms with Gasteiger partial charge in [0.25, 0.3) is 5.56 Å². The third-order valence-corrected chi connectivity index (χ3v) is 7.53. The van der Waals surface area contributed by atoms with E-state index in [1.807, 2.05) is 10.9 Å². The van der Waals surface area contributed by atoms with Gasteiger partial charge in [-0.05, 0) is 53.4 Å². The Kier molecular flexibility index (Phi) is 9.78. The summed E-state index contributed by atoms with van der Waals surface area (Å²) in [6, 6.07) is 6.25. The molecule has 1 aliphatic rings. The normalized spacial score (nSPS) is 14.9. The molecule has 0 spiro atoms. The van der Waals surface area contributed by atoms with Gasteiger partial charge in [0.05, 0.1) is 55.5 Å². The number of alkyl halides is 3. The molecule has 1 atom stereocenters. The van der Waals surface area contributed by atoms with Gasteiger partial charge >= 0.3 is 6.18 Å². The van der Waals surface area contributed by atoms with E-state index in [0.29, 0.717) is 23.0 Å². The van der Waals surface area contributed by atoms with Crippen molar-refractivity contribution in [2.75, 3.05) is 37.0 Å². The van der Waals surface area contributed by atoms with Gasteiger partial charge in [0.2, 0.25) is 5.95 Å².